The normalized spacial score (nSPS) is 21.7. The Morgan fingerprint density at radius 2 is 2.05 bits per heavy atom. The molecule has 2 N–H and O–H groups in total. The smallest absolute Gasteiger partial charge is 0.306 e. The zero-order chi connectivity index (χ0) is 14.7. The average Bonchev–Trinajstić information content (AvgIpc) is 2.87. The van der Waals surface area contributed by atoms with Crippen molar-refractivity contribution >= 4 is 11.9 Å². The Bertz CT molecular complexity index is 524. The van der Waals surface area contributed by atoms with Crippen LogP contribution in [0.4, 0.5) is 0 Å². The van der Waals surface area contributed by atoms with Crippen LogP contribution >= 0.6 is 0 Å². The SMILES string of the molecule is Cc1ccc(C)c(C(=O)NCC2CCCC2C(=O)O)c1. The molecule has 2 unspecified atom stereocenters. The van der Waals surface area contributed by atoms with Crippen LogP contribution in [0.2, 0.25) is 0 Å². The minimum absolute atomic E-state index is 0.0570. The first-order valence-corrected chi connectivity index (χ1v) is 7.07. The van der Waals surface area contributed by atoms with Gasteiger partial charge in [0.25, 0.3) is 5.91 Å². The minimum atomic E-state index is -0.742. The maximum absolute atomic E-state index is 12.2. The molecule has 4 nitrogen and oxygen atoms in total. The van der Waals surface area contributed by atoms with E-state index in [0.29, 0.717) is 12.1 Å². The molecule has 0 aromatic heterocycles. The molecule has 2 rings (SSSR count). The molecule has 108 valence electrons. The highest BCUT2D eigenvalue weighted by molar-refractivity contribution is 5.95. The summed E-state index contributed by atoms with van der Waals surface area (Å²) in [5, 5.41) is 12.0. The van der Waals surface area contributed by atoms with Gasteiger partial charge in [-0.05, 0) is 44.2 Å². The quantitative estimate of drug-likeness (QED) is 0.887. The summed E-state index contributed by atoms with van der Waals surface area (Å²) in [6, 6.07) is 5.78. The summed E-state index contributed by atoms with van der Waals surface area (Å²) in [5.41, 5.74) is 2.66. The molecular weight excluding hydrogens is 254 g/mol. The van der Waals surface area contributed by atoms with E-state index in [2.05, 4.69) is 5.32 Å². The van der Waals surface area contributed by atoms with Crippen molar-refractivity contribution in [1.29, 1.82) is 0 Å². The monoisotopic (exact) mass is 275 g/mol. The number of carbonyl (C=O) groups excluding carboxylic acids is 1. The van der Waals surface area contributed by atoms with Gasteiger partial charge in [-0.25, -0.2) is 0 Å². The van der Waals surface area contributed by atoms with Gasteiger partial charge in [-0.15, -0.1) is 0 Å². The van der Waals surface area contributed by atoms with Crippen molar-refractivity contribution in [2.75, 3.05) is 6.54 Å². The second-order valence-corrected chi connectivity index (χ2v) is 5.66. The number of carbonyl (C=O) groups is 2. The molecule has 2 atom stereocenters. The molecule has 0 spiro atoms. The lowest BCUT2D eigenvalue weighted by atomic mass is 9.96. The average molecular weight is 275 g/mol. The number of carboxylic acids is 1. The van der Waals surface area contributed by atoms with Crippen molar-refractivity contribution in [3.63, 3.8) is 0 Å². The molecule has 1 aromatic rings. The molecule has 0 aliphatic heterocycles. The molecule has 0 heterocycles. The largest absolute Gasteiger partial charge is 0.481 e. The van der Waals surface area contributed by atoms with E-state index in [1.165, 1.54) is 0 Å². The summed E-state index contributed by atoms with van der Waals surface area (Å²) in [6.45, 7) is 4.31. The number of benzene rings is 1. The maximum atomic E-state index is 12.2. The molecule has 1 aliphatic carbocycles. The lowest BCUT2D eigenvalue weighted by Crippen LogP contribution is -2.33. The molecule has 1 saturated carbocycles. The van der Waals surface area contributed by atoms with Crippen LogP contribution in [0.5, 0.6) is 0 Å². The van der Waals surface area contributed by atoms with Gasteiger partial charge in [-0.3, -0.25) is 9.59 Å². The first kappa shape index (κ1) is 14.6. The van der Waals surface area contributed by atoms with Crippen LogP contribution in [0.15, 0.2) is 18.2 Å². The Labute approximate surface area is 119 Å². The number of hydrogen-bond donors (Lipinski definition) is 2. The first-order valence-electron chi connectivity index (χ1n) is 7.07. The Morgan fingerprint density at radius 3 is 2.75 bits per heavy atom. The van der Waals surface area contributed by atoms with Gasteiger partial charge in [-0.1, -0.05) is 24.1 Å². The molecule has 4 heteroatoms. The number of aryl methyl sites for hydroxylation is 2. The van der Waals surface area contributed by atoms with E-state index in [1.54, 1.807) is 0 Å². The van der Waals surface area contributed by atoms with Crippen molar-refractivity contribution < 1.29 is 14.7 Å². The van der Waals surface area contributed by atoms with E-state index >= 15 is 0 Å². The van der Waals surface area contributed by atoms with E-state index in [1.807, 2.05) is 32.0 Å². The molecule has 1 aromatic carbocycles. The number of rotatable bonds is 4. The van der Waals surface area contributed by atoms with Crippen LogP contribution in [0.3, 0.4) is 0 Å². The molecule has 0 radical (unpaired) electrons. The van der Waals surface area contributed by atoms with Crippen molar-refractivity contribution in [3.05, 3.63) is 34.9 Å². The van der Waals surface area contributed by atoms with Gasteiger partial charge in [0.1, 0.15) is 0 Å². The van der Waals surface area contributed by atoms with Crippen molar-refractivity contribution in [3.8, 4) is 0 Å². The van der Waals surface area contributed by atoms with E-state index in [0.717, 1.165) is 30.4 Å². The molecule has 20 heavy (non-hydrogen) atoms. The van der Waals surface area contributed by atoms with Gasteiger partial charge in [0, 0.05) is 12.1 Å². The number of carboxylic acid groups (broad SMARTS) is 1. The van der Waals surface area contributed by atoms with Crippen LogP contribution in [0, 0.1) is 25.7 Å². The second-order valence-electron chi connectivity index (χ2n) is 5.66. The topological polar surface area (TPSA) is 66.4 Å². The lowest BCUT2D eigenvalue weighted by Gasteiger charge is -2.17. The summed E-state index contributed by atoms with van der Waals surface area (Å²) >= 11 is 0. The third kappa shape index (κ3) is 3.18. The molecule has 1 aliphatic rings. The zero-order valence-electron chi connectivity index (χ0n) is 12.0. The highest BCUT2D eigenvalue weighted by Crippen LogP contribution is 2.31. The van der Waals surface area contributed by atoms with E-state index in [-0.39, 0.29) is 17.7 Å². The number of aliphatic carboxylic acids is 1. The van der Waals surface area contributed by atoms with E-state index in [9.17, 15) is 9.59 Å². The van der Waals surface area contributed by atoms with Gasteiger partial charge in [-0.2, -0.15) is 0 Å². The molecule has 1 amide bonds. The fourth-order valence-corrected chi connectivity index (χ4v) is 2.91. The first-order chi connectivity index (χ1) is 9.49. The predicted octanol–water partition coefficient (Wildman–Crippen LogP) is 2.53. The Kier molecular flexibility index (Phi) is 4.42. The number of hydrogen-bond acceptors (Lipinski definition) is 2. The van der Waals surface area contributed by atoms with Crippen molar-refractivity contribution in [2.24, 2.45) is 11.8 Å². The van der Waals surface area contributed by atoms with Crippen LogP contribution in [0.1, 0.15) is 40.7 Å². The van der Waals surface area contributed by atoms with Gasteiger partial charge in [0.15, 0.2) is 0 Å². The summed E-state index contributed by atoms with van der Waals surface area (Å²) in [4.78, 5) is 23.3. The van der Waals surface area contributed by atoms with Gasteiger partial charge in [0.05, 0.1) is 5.92 Å². The highest BCUT2D eigenvalue weighted by atomic mass is 16.4. The molecule has 0 saturated heterocycles. The maximum Gasteiger partial charge on any atom is 0.306 e. The van der Waals surface area contributed by atoms with Gasteiger partial charge in [0.2, 0.25) is 0 Å². The summed E-state index contributed by atoms with van der Waals surface area (Å²) < 4.78 is 0. The number of nitrogens with one attached hydrogen (secondary N) is 1. The summed E-state index contributed by atoms with van der Waals surface area (Å²) in [5.74, 6) is -1.11. The number of amides is 1. The van der Waals surface area contributed by atoms with Crippen LogP contribution in [-0.4, -0.2) is 23.5 Å². The minimum Gasteiger partial charge on any atom is -0.481 e. The van der Waals surface area contributed by atoms with Gasteiger partial charge < -0.3 is 10.4 Å². The highest BCUT2D eigenvalue weighted by Gasteiger charge is 2.32. The third-order valence-electron chi connectivity index (χ3n) is 4.14. The van der Waals surface area contributed by atoms with Crippen molar-refractivity contribution in [2.45, 2.75) is 33.1 Å². The standard InChI is InChI=1S/C16H21NO3/c1-10-6-7-11(2)14(8-10)15(18)17-9-12-4-3-5-13(12)16(19)20/h6-8,12-13H,3-5,9H2,1-2H3,(H,17,18)(H,19,20). The van der Waals surface area contributed by atoms with Crippen LogP contribution in [-0.2, 0) is 4.79 Å². The summed E-state index contributed by atoms with van der Waals surface area (Å²) in [7, 11) is 0. The van der Waals surface area contributed by atoms with E-state index in [4.69, 9.17) is 5.11 Å². The third-order valence-corrected chi connectivity index (χ3v) is 4.14. The summed E-state index contributed by atoms with van der Waals surface area (Å²) in [6.07, 6.45) is 2.53. The Hall–Kier alpha value is -1.84. The molecular formula is C16H21NO3. The Balaban J connectivity index is 1.98. The molecule has 1 fully saturated rings. The predicted molar refractivity (Wildman–Crippen MR) is 76.7 cm³/mol. The van der Waals surface area contributed by atoms with Gasteiger partial charge >= 0.3 is 5.97 Å². The van der Waals surface area contributed by atoms with Crippen LogP contribution < -0.4 is 5.32 Å². The fourth-order valence-electron chi connectivity index (χ4n) is 2.91. The molecule has 0 bridgehead atoms. The van der Waals surface area contributed by atoms with Crippen molar-refractivity contribution in [1.82, 2.24) is 5.32 Å². The second kappa shape index (κ2) is 6.07. The fraction of sp³-hybridized carbons (Fsp3) is 0.500. The van der Waals surface area contributed by atoms with E-state index < -0.39 is 5.97 Å². The van der Waals surface area contributed by atoms with Crippen LogP contribution in [0.25, 0.3) is 0 Å². The lowest BCUT2D eigenvalue weighted by molar-refractivity contribution is -0.142. The Morgan fingerprint density at radius 1 is 1.30 bits per heavy atom. The zero-order valence-corrected chi connectivity index (χ0v) is 12.0.